The van der Waals surface area contributed by atoms with Crippen LogP contribution < -0.4 is 10.7 Å². The second-order valence-electron chi connectivity index (χ2n) is 7.86. The van der Waals surface area contributed by atoms with Gasteiger partial charge in [0.2, 0.25) is 5.43 Å². The van der Waals surface area contributed by atoms with E-state index in [1.54, 1.807) is 7.05 Å². The Bertz CT molecular complexity index is 1120. The summed E-state index contributed by atoms with van der Waals surface area (Å²) in [4.78, 5) is 39.6. The summed E-state index contributed by atoms with van der Waals surface area (Å²) in [6, 6.07) is 2.93. The third-order valence-corrected chi connectivity index (χ3v) is 5.94. The quantitative estimate of drug-likeness (QED) is 0.762. The normalized spacial score (nSPS) is 20.6. The largest absolute Gasteiger partial charge is 0.503 e. The van der Waals surface area contributed by atoms with Crippen LogP contribution in [0.5, 0.6) is 5.75 Å². The van der Waals surface area contributed by atoms with Crippen molar-refractivity contribution in [1.82, 2.24) is 14.8 Å². The lowest BCUT2D eigenvalue weighted by atomic mass is 9.87. The molecular weight excluding hydrogens is 412 g/mol. The number of fused-ring (bicyclic) bond motifs is 1. The lowest BCUT2D eigenvalue weighted by Crippen LogP contribution is -2.61. The molecule has 2 aliphatic heterocycles. The lowest BCUT2D eigenvalue weighted by molar-refractivity contribution is -0.0454. The maximum atomic E-state index is 13.8. The molecule has 8 nitrogen and oxygen atoms in total. The molecule has 31 heavy (non-hydrogen) atoms. The number of nitrogens with zero attached hydrogens (tertiary/aromatic N) is 2. The Morgan fingerprint density at radius 1 is 1.32 bits per heavy atom. The number of rotatable bonds is 3. The first-order valence-electron chi connectivity index (χ1n) is 9.78. The van der Waals surface area contributed by atoms with Gasteiger partial charge in [-0.1, -0.05) is 6.07 Å². The van der Waals surface area contributed by atoms with E-state index in [0.29, 0.717) is 25.7 Å². The number of nitrogens with one attached hydrogen (secondary N) is 1. The molecule has 1 spiro atoms. The number of carbonyl (C=O) groups is 2. The Labute approximate surface area is 176 Å². The molecule has 1 aromatic carbocycles. The van der Waals surface area contributed by atoms with Gasteiger partial charge in [0.05, 0.1) is 12.1 Å². The highest BCUT2D eigenvalue weighted by Crippen LogP contribution is 2.34. The van der Waals surface area contributed by atoms with Crippen LogP contribution in [0.4, 0.5) is 8.78 Å². The third-order valence-electron chi connectivity index (χ3n) is 5.94. The van der Waals surface area contributed by atoms with Crippen molar-refractivity contribution in [1.29, 1.82) is 0 Å². The van der Waals surface area contributed by atoms with Crippen molar-refractivity contribution in [2.45, 2.75) is 31.5 Å². The molecule has 0 bridgehead atoms. The average molecular weight is 433 g/mol. The van der Waals surface area contributed by atoms with Gasteiger partial charge in [0, 0.05) is 44.6 Å². The van der Waals surface area contributed by atoms with Crippen LogP contribution in [0, 0.1) is 11.6 Å². The first-order valence-corrected chi connectivity index (χ1v) is 9.78. The highest BCUT2D eigenvalue weighted by Gasteiger charge is 2.46. The number of benzene rings is 1. The predicted octanol–water partition coefficient (Wildman–Crippen LogP) is 1.40. The smallest absolute Gasteiger partial charge is 0.274 e. The van der Waals surface area contributed by atoms with Crippen LogP contribution in [0.1, 0.15) is 39.3 Å². The molecule has 10 heteroatoms. The Morgan fingerprint density at radius 2 is 2.10 bits per heavy atom. The van der Waals surface area contributed by atoms with E-state index in [1.807, 2.05) is 0 Å². The Kier molecular flexibility index (Phi) is 5.26. The van der Waals surface area contributed by atoms with Gasteiger partial charge in [-0.2, -0.15) is 0 Å². The van der Waals surface area contributed by atoms with E-state index in [1.165, 1.54) is 21.7 Å². The van der Waals surface area contributed by atoms with Gasteiger partial charge in [0.25, 0.3) is 11.8 Å². The predicted molar refractivity (Wildman–Crippen MR) is 105 cm³/mol. The zero-order chi connectivity index (χ0) is 22.3. The summed E-state index contributed by atoms with van der Waals surface area (Å²) >= 11 is 0. The van der Waals surface area contributed by atoms with Crippen molar-refractivity contribution in [3.8, 4) is 5.75 Å². The summed E-state index contributed by atoms with van der Waals surface area (Å²) in [6.45, 7) is 0.838. The van der Waals surface area contributed by atoms with E-state index in [-0.39, 0.29) is 29.9 Å². The van der Waals surface area contributed by atoms with Gasteiger partial charge in [-0.3, -0.25) is 14.4 Å². The fourth-order valence-electron chi connectivity index (χ4n) is 4.12. The molecule has 3 heterocycles. The van der Waals surface area contributed by atoms with Gasteiger partial charge in [0.1, 0.15) is 17.2 Å². The van der Waals surface area contributed by atoms with Crippen LogP contribution in [-0.2, 0) is 17.8 Å². The minimum atomic E-state index is -0.999. The van der Waals surface area contributed by atoms with E-state index in [2.05, 4.69) is 5.32 Å². The number of aromatic hydroxyl groups is 1. The van der Waals surface area contributed by atoms with E-state index in [0.717, 1.165) is 12.5 Å². The maximum Gasteiger partial charge on any atom is 0.274 e. The highest BCUT2D eigenvalue weighted by molar-refractivity contribution is 5.99. The molecule has 2 amide bonds. The summed E-state index contributed by atoms with van der Waals surface area (Å²) in [5.41, 5.74) is -2.18. The van der Waals surface area contributed by atoms with Gasteiger partial charge in [-0.15, -0.1) is 0 Å². The summed E-state index contributed by atoms with van der Waals surface area (Å²) in [7, 11) is 1.60. The number of ether oxygens (including phenoxy) is 1. The van der Waals surface area contributed by atoms with Crippen LogP contribution in [0.2, 0.25) is 0 Å². The van der Waals surface area contributed by atoms with Crippen molar-refractivity contribution in [2.24, 2.45) is 0 Å². The number of aromatic nitrogens is 1. The number of amides is 2. The average Bonchev–Trinajstić information content (AvgIpc) is 2.74. The minimum absolute atomic E-state index is 0.0344. The lowest BCUT2D eigenvalue weighted by Gasteiger charge is -2.48. The Balaban J connectivity index is 1.65. The topological polar surface area (TPSA) is 101 Å². The van der Waals surface area contributed by atoms with Crippen molar-refractivity contribution >= 4 is 11.8 Å². The number of pyridine rings is 1. The molecule has 1 fully saturated rings. The molecule has 0 radical (unpaired) electrons. The highest BCUT2D eigenvalue weighted by atomic mass is 19.1. The molecule has 1 unspecified atom stereocenters. The van der Waals surface area contributed by atoms with Gasteiger partial charge in [-0.25, -0.2) is 8.78 Å². The molecule has 0 aliphatic carbocycles. The van der Waals surface area contributed by atoms with E-state index in [9.17, 15) is 28.3 Å². The summed E-state index contributed by atoms with van der Waals surface area (Å²) in [5.74, 6) is -3.78. The van der Waals surface area contributed by atoms with Crippen molar-refractivity contribution in [3.05, 3.63) is 63.1 Å². The first-order chi connectivity index (χ1) is 14.7. The number of hydrogen-bond acceptors (Lipinski definition) is 5. The fourth-order valence-corrected chi connectivity index (χ4v) is 4.12. The molecular formula is C21H21F2N3O5. The van der Waals surface area contributed by atoms with E-state index >= 15 is 0 Å². The first kappa shape index (κ1) is 21.0. The molecule has 4 rings (SSSR count). The molecule has 2 N–H and O–H groups in total. The molecule has 0 saturated carbocycles. The zero-order valence-corrected chi connectivity index (χ0v) is 16.8. The molecule has 1 atom stereocenters. The number of hydrogen-bond donors (Lipinski definition) is 2. The monoisotopic (exact) mass is 433 g/mol. The van der Waals surface area contributed by atoms with Gasteiger partial charge in [0.15, 0.2) is 11.4 Å². The standard InChI is InChI=1S/C21H21F2N3O5/c1-25-20(30)16-18(28)17(27)14(9-26(16)10-21(25)5-2-6-31-11-21)19(29)24-8-12-3-4-13(22)7-15(12)23/h3-4,7,9,28H,2,5-6,8,10-11H2,1H3,(H,24,29). The van der Waals surface area contributed by atoms with Crippen LogP contribution in [0.15, 0.2) is 29.2 Å². The number of carbonyl (C=O) groups excluding carboxylic acids is 2. The fraction of sp³-hybridized carbons (Fsp3) is 0.381. The van der Waals surface area contributed by atoms with Crippen LogP contribution in [-0.4, -0.2) is 52.2 Å². The number of halogens is 2. The minimum Gasteiger partial charge on any atom is -0.503 e. The number of likely N-dealkylation sites (N-methyl/N-ethyl adjacent to an activating group) is 1. The van der Waals surface area contributed by atoms with Crippen molar-refractivity contribution in [3.63, 3.8) is 0 Å². The van der Waals surface area contributed by atoms with E-state index < -0.39 is 40.2 Å². The Morgan fingerprint density at radius 3 is 2.77 bits per heavy atom. The second-order valence-corrected chi connectivity index (χ2v) is 7.86. The van der Waals surface area contributed by atoms with Crippen LogP contribution in [0.3, 0.4) is 0 Å². The van der Waals surface area contributed by atoms with Gasteiger partial charge >= 0.3 is 0 Å². The molecule has 1 saturated heterocycles. The zero-order valence-electron chi connectivity index (χ0n) is 16.8. The third kappa shape index (κ3) is 3.56. The summed E-state index contributed by atoms with van der Waals surface area (Å²) in [5, 5.41) is 12.8. The van der Waals surface area contributed by atoms with E-state index in [4.69, 9.17) is 4.74 Å². The maximum absolute atomic E-state index is 13.8. The second kappa shape index (κ2) is 7.77. The summed E-state index contributed by atoms with van der Waals surface area (Å²) in [6.07, 6.45) is 2.65. The molecule has 164 valence electrons. The SMILES string of the molecule is CN1C(=O)c2c(O)c(=O)c(C(=O)NCc3ccc(F)cc3F)cn2CC12CCCOC2. The van der Waals surface area contributed by atoms with Crippen molar-refractivity contribution < 1.29 is 28.2 Å². The molecule has 1 aromatic heterocycles. The van der Waals surface area contributed by atoms with Crippen molar-refractivity contribution in [2.75, 3.05) is 20.3 Å². The summed E-state index contributed by atoms with van der Waals surface area (Å²) < 4.78 is 33.8. The van der Waals surface area contributed by atoms with Gasteiger partial charge < -0.3 is 24.6 Å². The molecule has 2 aliphatic rings. The Hall–Kier alpha value is -3.27. The van der Waals surface area contributed by atoms with Crippen LogP contribution in [0.25, 0.3) is 0 Å². The molecule has 2 aromatic rings. The van der Waals surface area contributed by atoms with Gasteiger partial charge in [-0.05, 0) is 18.9 Å². The van der Waals surface area contributed by atoms with Crippen LogP contribution >= 0.6 is 0 Å².